The molecule has 3 aromatic carbocycles. The molecular weight excluding hydrogens is 352 g/mol. The van der Waals surface area contributed by atoms with Crippen molar-refractivity contribution < 1.29 is 9.21 Å². The molecular formula is C22H16N4O2. The normalized spacial score (nSPS) is 17.2. The van der Waals surface area contributed by atoms with E-state index in [1.54, 1.807) is 6.92 Å². The largest absolute Gasteiger partial charge is 0.456 e. The number of furan rings is 1. The molecule has 0 N–H and O–H groups in total. The number of amides is 1. The van der Waals surface area contributed by atoms with Gasteiger partial charge < -0.3 is 4.42 Å². The van der Waals surface area contributed by atoms with Crippen LogP contribution < -0.4 is 5.01 Å². The molecule has 28 heavy (non-hydrogen) atoms. The Balaban J connectivity index is 1.45. The molecule has 0 saturated heterocycles. The number of carbonyl (C=O) groups is 1. The Labute approximate surface area is 160 Å². The summed E-state index contributed by atoms with van der Waals surface area (Å²) >= 11 is 0. The number of fused-ring (bicyclic) bond motifs is 3. The summed E-state index contributed by atoms with van der Waals surface area (Å²) in [6, 6.07) is 22.1. The molecule has 1 aliphatic rings. The Morgan fingerprint density at radius 1 is 0.929 bits per heavy atom. The zero-order chi connectivity index (χ0) is 19.1. The fraction of sp³-hybridized carbons (Fsp3) is 0.0909. The van der Waals surface area contributed by atoms with Gasteiger partial charge in [0.2, 0.25) is 0 Å². The van der Waals surface area contributed by atoms with E-state index in [1.165, 1.54) is 5.01 Å². The number of benzene rings is 3. The summed E-state index contributed by atoms with van der Waals surface area (Å²) in [5.74, 6) is -0.206. The third-order valence-electron chi connectivity index (χ3n) is 4.75. The number of nitrogens with zero attached hydrogens (tertiary/aromatic N) is 4. The van der Waals surface area contributed by atoms with Gasteiger partial charge in [-0.1, -0.05) is 36.4 Å². The first-order valence-electron chi connectivity index (χ1n) is 8.97. The predicted octanol–water partition coefficient (Wildman–Crippen LogP) is 5.46. The molecule has 1 amide bonds. The Hall–Kier alpha value is -3.80. The van der Waals surface area contributed by atoms with Crippen molar-refractivity contribution in [3.05, 3.63) is 72.8 Å². The molecule has 0 bridgehead atoms. The van der Waals surface area contributed by atoms with Crippen molar-refractivity contribution in [1.82, 2.24) is 0 Å². The van der Waals surface area contributed by atoms with Gasteiger partial charge in [-0.3, -0.25) is 4.79 Å². The third kappa shape index (κ3) is 2.66. The van der Waals surface area contributed by atoms with Crippen molar-refractivity contribution >= 4 is 44.9 Å². The minimum atomic E-state index is -0.711. The fourth-order valence-electron chi connectivity index (χ4n) is 3.34. The molecule has 1 atom stereocenters. The van der Waals surface area contributed by atoms with Crippen molar-refractivity contribution in [3.8, 4) is 0 Å². The van der Waals surface area contributed by atoms with E-state index in [-0.39, 0.29) is 5.91 Å². The standard InChI is InChI=1S/C22H16N4O2/c1-14-21(22(27)26(25-14)16-7-3-2-4-8-16)24-23-15-11-12-20-18(13-15)17-9-5-6-10-19(17)28-20/h2-13,21H,1H3/t21-/m0/s1. The fourth-order valence-corrected chi connectivity index (χ4v) is 3.34. The molecule has 136 valence electrons. The van der Waals surface area contributed by atoms with Crippen LogP contribution in [0.1, 0.15) is 6.92 Å². The molecule has 1 aliphatic heterocycles. The van der Waals surface area contributed by atoms with E-state index in [2.05, 4.69) is 15.3 Å². The van der Waals surface area contributed by atoms with Crippen LogP contribution in [0.3, 0.4) is 0 Å². The quantitative estimate of drug-likeness (QED) is 0.450. The Morgan fingerprint density at radius 2 is 1.68 bits per heavy atom. The summed E-state index contributed by atoms with van der Waals surface area (Å²) in [6.07, 6.45) is 0. The number of hydrogen-bond donors (Lipinski definition) is 0. The Bertz CT molecular complexity index is 1260. The van der Waals surface area contributed by atoms with Crippen molar-refractivity contribution in [2.24, 2.45) is 15.3 Å². The third-order valence-corrected chi connectivity index (χ3v) is 4.75. The average molecular weight is 368 g/mol. The van der Waals surface area contributed by atoms with Crippen LogP contribution in [0.4, 0.5) is 11.4 Å². The summed E-state index contributed by atoms with van der Waals surface area (Å²) in [7, 11) is 0. The highest BCUT2D eigenvalue weighted by molar-refractivity contribution is 6.18. The van der Waals surface area contributed by atoms with E-state index in [1.807, 2.05) is 72.8 Å². The lowest BCUT2D eigenvalue weighted by Crippen LogP contribution is -2.29. The molecule has 6 nitrogen and oxygen atoms in total. The maximum absolute atomic E-state index is 12.7. The van der Waals surface area contributed by atoms with Crippen LogP contribution in [0.2, 0.25) is 0 Å². The van der Waals surface area contributed by atoms with Gasteiger partial charge >= 0.3 is 0 Å². The van der Waals surface area contributed by atoms with Crippen molar-refractivity contribution in [1.29, 1.82) is 0 Å². The number of rotatable bonds is 3. The number of hydrogen-bond acceptors (Lipinski definition) is 5. The van der Waals surface area contributed by atoms with E-state index in [4.69, 9.17) is 4.42 Å². The molecule has 0 unspecified atom stereocenters. The topological polar surface area (TPSA) is 70.5 Å². The van der Waals surface area contributed by atoms with Gasteiger partial charge in [-0.05, 0) is 43.3 Å². The smallest absolute Gasteiger partial charge is 0.280 e. The zero-order valence-corrected chi connectivity index (χ0v) is 15.1. The maximum Gasteiger partial charge on any atom is 0.280 e. The van der Waals surface area contributed by atoms with Gasteiger partial charge in [0.1, 0.15) is 11.2 Å². The van der Waals surface area contributed by atoms with Crippen molar-refractivity contribution in [2.75, 3.05) is 5.01 Å². The highest BCUT2D eigenvalue weighted by Crippen LogP contribution is 2.32. The summed E-state index contributed by atoms with van der Waals surface area (Å²) in [5, 5.41) is 16.3. The molecule has 0 fully saturated rings. The minimum absolute atomic E-state index is 0.206. The van der Waals surface area contributed by atoms with Gasteiger partial charge in [-0.15, -0.1) is 0 Å². The Morgan fingerprint density at radius 3 is 2.54 bits per heavy atom. The molecule has 0 saturated carbocycles. The second-order valence-electron chi connectivity index (χ2n) is 6.62. The monoisotopic (exact) mass is 368 g/mol. The Kier molecular flexibility index (Phi) is 3.76. The first-order chi connectivity index (χ1) is 13.7. The first kappa shape index (κ1) is 16.4. The highest BCUT2D eigenvalue weighted by Gasteiger charge is 2.34. The highest BCUT2D eigenvalue weighted by atomic mass is 16.3. The maximum atomic E-state index is 12.7. The van der Waals surface area contributed by atoms with E-state index in [0.717, 1.165) is 27.6 Å². The van der Waals surface area contributed by atoms with Gasteiger partial charge in [-0.2, -0.15) is 20.3 Å². The van der Waals surface area contributed by atoms with Crippen LogP contribution >= 0.6 is 0 Å². The molecule has 1 aromatic heterocycles. The lowest BCUT2D eigenvalue weighted by Gasteiger charge is -2.11. The molecule has 2 heterocycles. The van der Waals surface area contributed by atoms with Crippen LogP contribution in [0.5, 0.6) is 0 Å². The van der Waals surface area contributed by atoms with E-state index in [0.29, 0.717) is 11.4 Å². The van der Waals surface area contributed by atoms with Gasteiger partial charge in [0.15, 0.2) is 6.04 Å². The average Bonchev–Trinajstić information content (AvgIpc) is 3.24. The summed E-state index contributed by atoms with van der Waals surface area (Å²) in [6.45, 7) is 1.79. The van der Waals surface area contributed by atoms with E-state index in [9.17, 15) is 4.79 Å². The van der Waals surface area contributed by atoms with E-state index < -0.39 is 6.04 Å². The van der Waals surface area contributed by atoms with Crippen LogP contribution in [-0.2, 0) is 4.79 Å². The summed E-state index contributed by atoms with van der Waals surface area (Å²) in [5.41, 5.74) is 3.63. The zero-order valence-electron chi connectivity index (χ0n) is 15.1. The van der Waals surface area contributed by atoms with Crippen molar-refractivity contribution in [2.45, 2.75) is 13.0 Å². The molecule has 0 radical (unpaired) electrons. The number of anilines is 1. The molecule has 0 spiro atoms. The summed E-state index contributed by atoms with van der Waals surface area (Å²) in [4.78, 5) is 12.7. The van der Waals surface area contributed by atoms with Crippen LogP contribution in [-0.4, -0.2) is 17.7 Å². The number of hydrazone groups is 1. The van der Waals surface area contributed by atoms with Gasteiger partial charge in [0, 0.05) is 10.8 Å². The second-order valence-corrected chi connectivity index (χ2v) is 6.62. The molecule has 5 rings (SSSR count). The van der Waals surface area contributed by atoms with Gasteiger partial charge in [0.05, 0.1) is 17.1 Å². The first-order valence-corrected chi connectivity index (χ1v) is 8.97. The predicted molar refractivity (Wildman–Crippen MR) is 109 cm³/mol. The number of carbonyl (C=O) groups excluding carboxylic acids is 1. The van der Waals surface area contributed by atoms with Crippen LogP contribution in [0.25, 0.3) is 21.9 Å². The minimum Gasteiger partial charge on any atom is -0.456 e. The SMILES string of the molecule is CC1=NN(c2ccccc2)C(=O)[C@H]1N=Nc1ccc2oc3ccccc3c2c1. The van der Waals surface area contributed by atoms with Crippen LogP contribution in [0.15, 0.2) is 92.5 Å². The molecule has 4 aromatic rings. The second kappa shape index (κ2) is 6.42. The van der Waals surface area contributed by atoms with Gasteiger partial charge in [-0.25, -0.2) is 0 Å². The lowest BCUT2D eigenvalue weighted by atomic mass is 10.1. The van der Waals surface area contributed by atoms with Gasteiger partial charge in [0.25, 0.3) is 5.91 Å². The number of azo groups is 1. The van der Waals surface area contributed by atoms with Crippen LogP contribution in [0, 0.1) is 0 Å². The molecule has 6 heteroatoms. The van der Waals surface area contributed by atoms with Crippen molar-refractivity contribution in [3.63, 3.8) is 0 Å². The number of para-hydroxylation sites is 2. The summed E-state index contributed by atoms with van der Waals surface area (Å²) < 4.78 is 5.83. The molecule has 0 aliphatic carbocycles. The lowest BCUT2D eigenvalue weighted by molar-refractivity contribution is -0.117. The van der Waals surface area contributed by atoms with E-state index >= 15 is 0 Å².